The monoisotopic (exact) mass is 228 g/mol. The lowest BCUT2D eigenvalue weighted by Gasteiger charge is -2.09. The van der Waals surface area contributed by atoms with Crippen LogP contribution in [0.1, 0.15) is 51.9 Å². The van der Waals surface area contributed by atoms with E-state index in [2.05, 4.69) is 0 Å². The molecule has 0 saturated carbocycles. The maximum atomic E-state index is 11.5. The maximum Gasteiger partial charge on any atom is 0.133 e. The molecule has 1 aliphatic rings. The number of carbonyl (C=O) groups excluding carboxylic acids is 1. The Bertz CT molecular complexity index is 197. The molecule has 0 N–H and O–H groups in total. The summed E-state index contributed by atoms with van der Waals surface area (Å²) in [4.78, 5) is 11.5. The van der Waals surface area contributed by atoms with Crippen LogP contribution >= 0.6 is 0 Å². The first-order chi connectivity index (χ1) is 7.72. The summed E-state index contributed by atoms with van der Waals surface area (Å²) in [6.07, 6.45) is 7.20. The van der Waals surface area contributed by atoms with Crippen molar-refractivity contribution in [2.45, 2.75) is 64.1 Å². The highest BCUT2D eigenvalue weighted by Crippen LogP contribution is 2.18. The van der Waals surface area contributed by atoms with E-state index >= 15 is 0 Å². The van der Waals surface area contributed by atoms with Gasteiger partial charge in [-0.3, -0.25) is 4.79 Å². The molecule has 1 heterocycles. The molecule has 1 rings (SSSR count). The Hall–Kier alpha value is -0.410. The van der Waals surface area contributed by atoms with E-state index in [1.54, 1.807) is 7.11 Å². The van der Waals surface area contributed by atoms with E-state index in [4.69, 9.17) is 9.47 Å². The maximum absolute atomic E-state index is 11.5. The van der Waals surface area contributed by atoms with Gasteiger partial charge < -0.3 is 9.47 Å². The van der Waals surface area contributed by atoms with Crippen molar-refractivity contribution >= 4 is 5.78 Å². The molecule has 2 atom stereocenters. The van der Waals surface area contributed by atoms with E-state index in [1.807, 2.05) is 6.92 Å². The molecule has 1 saturated heterocycles. The van der Waals surface area contributed by atoms with Gasteiger partial charge >= 0.3 is 0 Å². The number of ether oxygens (including phenoxy) is 2. The zero-order valence-electron chi connectivity index (χ0n) is 10.5. The molecule has 3 heteroatoms. The first-order valence-electron chi connectivity index (χ1n) is 6.38. The van der Waals surface area contributed by atoms with E-state index in [0.29, 0.717) is 24.7 Å². The minimum absolute atomic E-state index is 0.196. The van der Waals surface area contributed by atoms with Crippen LogP contribution in [0.25, 0.3) is 0 Å². The fourth-order valence-corrected chi connectivity index (χ4v) is 2.01. The molecule has 0 aromatic rings. The van der Waals surface area contributed by atoms with Crippen molar-refractivity contribution in [1.29, 1.82) is 0 Å². The second-order valence-electron chi connectivity index (χ2n) is 4.65. The van der Waals surface area contributed by atoms with Gasteiger partial charge in [0.15, 0.2) is 0 Å². The number of rotatable bonds is 8. The van der Waals surface area contributed by atoms with Crippen LogP contribution in [-0.4, -0.2) is 31.7 Å². The van der Waals surface area contributed by atoms with Gasteiger partial charge in [-0.1, -0.05) is 0 Å². The zero-order chi connectivity index (χ0) is 11.8. The molecule has 1 fully saturated rings. The Morgan fingerprint density at radius 1 is 1.50 bits per heavy atom. The number of hydrogen-bond acceptors (Lipinski definition) is 3. The van der Waals surface area contributed by atoms with E-state index in [0.717, 1.165) is 25.9 Å². The standard InChI is InChI=1S/C13H24O3/c1-11(15-2)8-9-12(14)5-3-6-13-7-4-10-16-13/h11,13H,3-10H2,1-2H3. The van der Waals surface area contributed by atoms with Crippen molar-refractivity contribution in [3.8, 4) is 0 Å². The Labute approximate surface area is 98.5 Å². The average molecular weight is 228 g/mol. The number of Topliss-reactive ketones (excluding diaryl/α,β-unsaturated/α-hetero) is 1. The Balaban J connectivity index is 1.97. The molecule has 0 spiro atoms. The molecular weight excluding hydrogens is 204 g/mol. The smallest absolute Gasteiger partial charge is 0.133 e. The van der Waals surface area contributed by atoms with Crippen LogP contribution in [0.2, 0.25) is 0 Å². The molecule has 0 bridgehead atoms. The van der Waals surface area contributed by atoms with Gasteiger partial charge in [-0.25, -0.2) is 0 Å². The summed E-state index contributed by atoms with van der Waals surface area (Å²) in [5.41, 5.74) is 0. The van der Waals surface area contributed by atoms with Crippen LogP contribution in [0.4, 0.5) is 0 Å². The van der Waals surface area contributed by atoms with Crippen LogP contribution in [0.15, 0.2) is 0 Å². The van der Waals surface area contributed by atoms with Gasteiger partial charge in [0.25, 0.3) is 0 Å². The van der Waals surface area contributed by atoms with E-state index < -0.39 is 0 Å². The highest BCUT2D eigenvalue weighted by Gasteiger charge is 2.15. The van der Waals surface area contributed by atoms with Crippen LogP contribution in [0.5, 0.6) is 0 Å². The number of carbonyl (C=O) groups is 1. The van der Waals surface area contributed by atoms with Gasteiger partial charge in [0.2, 0.25) is 0 Å². The molecule has 0 amide bonds. The van der Waals surface area contributed by atoms with Crippen LogP contribution < -0.4 is 0 Å². The fourth-order valence-electron chi connectivity index (χ4n) is 2.01. The second-order valence-corrected chi connectivity index (χ2v) is 4.65. The lowest BCUT2D eigenvalue weighted by Crippen LogP contribution is -2.09. The predicted molar refractivity (Wildman–Crippen MR) is 63.5 cm³/mol. The fraction of sp³-hybridized carbons (Fsp3) is 0.923. The minimum atomic E-state index is 0.196. The first kappa shape index (κ1) is 13.7. The highest BCUT2D eigenvalue weighted by atomic mass is 16.5. The highest BCUT2D eigenvalue weighted by molar-refractivity contribution is 5.78. The summed E-state index contributed by atoms with van der Waals surface area (Å²) in [6.45, 7) is 2.91. The van der Waals surface area contributed by atoms with Crippen LogP contribution in [0.3, 0.4) is 0 Å². The first-order valence-corrected chi connectivity index (χ1v) is 6.38. The Morgan fingerprint density at radius 3 is 2.94 bits per heavy atom. The molecule has 1 aliphatic heterocycles. The lowest BCUT2D eigenvalue weighted by molar-refractivity contribution is -0.119. The largest absolute Gasteiger partial charge is 0.382 e. The summed E-state index contributed by atoms with van der Waals surface area (Å²) >= 11 is 0. The normalized spacial score (nSPS) is 22.2. The van der Waals surface area contributed by atoms with Crippen molar-refractivity contribution < 1.29 is 14.3 Å². The van der Waals surface area contributed by atoms with Gasteiger partial charge in [0.1, 0.15) is 5.78 Å². The van der Waals surface area contributed by atoms with Gasteiger partial charge in [-0.2, -0.15) is 0 Å². The van der Waals surface area contributed by atoms with Crippen LogP contribution in [0, 0.1) is 0 Å². The molecule has 0 radical (unpaired) electrons. The number of methoxy groups -OCH3 is 1. The number of hydrogen-bond donors (Lipinski definition) is 0. The quantitative estimate of drug-likeness (QED) is 0.641. The molecular formula is C13H24O3. The van der Waals surface area contributed by atoms with E-state index in [9.17, 15) is 4.79 Å². The summed E-state index contributed by atoms with van der Waals surface area (Å²) < 4.78 is 10.6. The average Bonchev–Trinajstić information content (AvgIpc) is 2.79. The van der Waals surface area contributed by atoms with Crippen molar-refractivity contribution in [2.75, 3.05) is 13.7 Å². The summed E-state index contributed by atoms with van der Waals surface area (Å²) in [5, 5.41) is 0. The third-order valence-electron chi connectivity index (χ3n) is 3.24. The summed E-state index contributed by atoms with van der Waals surface area (Å²) in [6, 6.07) is 0. The van der Waals surface area contributed by atoms with Crippen molar-refractivity contribution in [3.63, 3.8) is 0 Å². The molecule has 0 aromatic carbocycles. The molecule has 2 unspecified atom stereocenters. The topological polar surface area (TPSA) is 35.5 Å². The van der Waals surface area contributed by atoms with Crippen molar-refractivity contribution in [2.24, 2.45) is 0 Å². The van der Waals surface area contributed by atoms with E-state index in [1.165, 1.54) is 12.8 Å². The van der Waals surface area contributed by atoms with Crippen molar-refractivity contribution in [3.05, 3.63) is 0 Å². The third kappa shape index (κ3) is 5.61. The Kier molecular flexibility index (Phi) is 6.65. The molecule has 3 nitrogen and oxygen atoms in total. The Morgan fingerprint density at radius 2 is 2.31 bits per heavy atom. The third-order valence-corrected chi connectivity index (χ3v) is 3.24. The van der Waals surface area contributed by atoms with Gasteiger partial charge in [-0.05, 0) is 39.0 Å². The van der Waals surface area contributed by atoms with Gasteiger partial charge in [0, 0.05) is 26.6 Å². The summed E-state index contributed by atoms with van der Waals surface area (Å²) in [5.74, 6) is 0.363. The van der Waals surface area contributed by atoms with Gasteiger partial charge in [0.05, 0.1) is 12.2 Å². The van der Waals surface area contributed by atoms with Crippen molar-refractivity contribution in [1.82, 2.24) is 0 Å². The molecule has 0 aliphatic carbocycles. The minimum Gasteiger partial charge on any atom is -0.382 e. The van der Waals surface area contributed by atoms with Crippen LogP contribution in [-0.2, 0) is 14.3 Å². The SMILES string of the molecule is COC(C)CCC(=O)CCCC1CCCO1. The van der Waals surface area contributed by atoms with Gasteiger partial charge in [-0.15, -0.1) is 0 Å². The second kappa shape index (κ2) is 7.80. The summed E-state index contributed by atoms with van der Waals surface area (Å²) in [7, 11) is 1.69. The van der Waals surface area contributed by atoms with E-state index in [-0.39, 0.29) is 6.10 Å². The molecule has 16 heavy (non-hydrogen) atoms. The predicted octanol–water partition coefficient (Wildman–Crippen LogP) is 2.72. The number of ketones is 1. The lowest BCUT2D eigenvalue weighted by atomic mass is 10.0. The zero-order valence-corrected chi connectivity index (χ0v) is 10.5. The molecule has 0 aromatic heterocycles. The molecule has 94 valence electrons.